The summed E-state index contributed by atoms with van der Waals surface area (Å²) in [6.07, 6.45) is 1.48. The molecule has 0 spiro atoms. The lowest BCUT2D eigenvalue weighted by Gasteiger charge is -2.35. The van der Waals surface area contributed by atoms with Crippen molar-refractivity contribution in [3.8, 4) is 16.9 Å². The van der Waals surface area contributed by atoms with Gasteiger partial charge in [0.2, 0.25) is 0 Å². The van der Waals surface area contributed by atoms with E-state index in [1.165, 1.54) is 6.07 Å². The molecule has 152 valence electrons. The highest BCUT2D eigenvalue weighted by Crippen LogP contribution is 2.42. The maximum Gasteiger partial charge on any atom is 0.322 e. The van der Waals surface area contributed by atoms with E-state index in [9.17, 15) is 14.3 Å². The zero-order valence-corrected chi connectivity index (χ0v) is 16.5. The zero-order valence-electron chi connectivity index (χ0n) is 16.5. The van der Waals surface area contributed by atoms with Gasteiger partial charge in [0, 0.05) is 36.2 Å². The minimum atomic E-state index is -0.722. The van der Waals surface area contributed by atoms with E-state index < -0.39 is 5.60 Å². The fourth-order valence-corrected chi connectivity index (χ4v) is 3.81. The number of carbonyl (C=O) groups excluding carboxylic acids is 1. The topological polar surface area (TPSA) is 74.2 Å². The Morgan fingerprint density at radius 3 is 2.62 bits per heavy atom. The molecule has 1 saturated heterocycles. The lowest BCUT2D eigenvalue weighted by molar-refractivity contribution is 0.00483. The molecule has 4 rings (SSSR count). The van der Waals surface area contributed by atoms with Crippen LogP contribution >= 0.6 is 0 Å². The smallest absolute Gasteiger partial charge is 0.322 e. The Balaban J connectivity index is 1.59. The largest absolute Gasteiger partial charge is 0.496 e. The van der Waals surface area contributed by atoms with E-state index >= 15 is 0 Å². The van der Waals surface area contributed by atoms with Crippen molar-refractivity contribution >= 4 is 17.6 Å². The molecule has 29 heavy (non-hydrogen) atoms. The Kier molecular flexibility index (Phi) is 5.00. The van der Waals surface area contributed by atoms with E-state index in [0.717, 1.165) is 5.56 Å². The first-order valence-electron chi connectivity index (χ1n) is 9.68. The number of halogens is 1. The van der Waals surface area contributed by atoms with Gasteiger partial charge in [-0.2, -0.15) is 0 Å². The number of methoxy groups -OCH3 is 1. The molecule has 2 aliphatic rings. The van der Waals surface area contributed by atoms with E-state index in [-0.39, 0.29) is 11.8 Å². The van der Waals surface area contributed by atoms with Crippen molar-refractivity contribution in [3.05, 3.63) is 47.8 Å². The molecule has 0 bridgehead atoms. The van der Waals surface area contributed by atoms with Gasteiger partial charge in [0.25, 0.3) is 0 Å². The highest BCUT2D eigenvalue weighted by Gasteiger charge is 2.31. The first kappa shape index (κ1) is 19.4. The van der Waals surface area contributed by atoms with Crippen LogP contribution in [0.3, 0.4) is 0 Å². The van der Waals surface area contributed by atoms with Crippen LogP contribution in [0.2, 0.25) is 0 Å². The quantitative estimate of drug-likeness (QED) is 0.813. The van der Waals surface area contributed by atoms with Crippen molar-refractivity contribution in [2.75, 3.05) is 20.2 Å². The van der Waals surface area contributed by atoms with Gasteiger partial charge in [0.05, 0.1) is 18.4 Å². The number of piperidine rings is 1. The van der Waals surface area contributed by atoms with Crippen molar-refractivity contribution in [2.45, 2.75) is 31.8 Å². The third kappa shape index (κ3) is 3.82. The Morgan fingerprint density at radius 1 is 1.21 bits per heavy atom. The lowest BCUT2D eigenvalue weighted by atomic mass is 9.94. The summed E-state index contributed by atoms with van der Waals surface area (Å²) in [7, 11) is 1.58. The third-order valence-electron chi connectivity index (χ3n) is 5.59. The number of fused-ring (bicyclic) bond motifs is 1. The highest BCUT2D eigenvalue weighted by atomic mass is 19.1. The number of hydrogen-bond acceptors (Lipinski definition) is 4. The average molecular weight is 397 g/mol. The second-order valence-corrected chi connectivity index (χ2v) is 7.77. The molecule has 0 unspecified atom stereocenters. The molecular weight excluding hydrogens is 373 g/mol. The molecule has 6 nitrogen and oxygen atoms in total. The third-order valence-corrected chi connectivity index (χ3v) is 5.59. The minimum absolute atomic E-state index is 0.238. The van der Waals surface area contributed by atoms with Gasteiger partial charge in [-0.05, 0) is 38.0 Å². The SMILES string of the molecule is COc1ccc(-c2ccccc2F)c2c1CC(NC(=O)N1CCC(C)(O)CC1)=N2. The predicted molar refractivity (Wildman–Crippen MR) is 109 cm³/mol. The van der Waals surface area contributed by atoms with Gasteiger partial charge >= 0.3 is 6.03 Å². The Hall–Kier alpha value is -2.93. The summed E-state index contributed by atoms with van der Waals surface area (Å²) in [6.45, 7) is 2.77. The van der Waals surface area contributed by atoms with E-state index in [1.807, 2.05) is 0 Å². The molecule has 0 aromatic heterocycles. The summed E-state index contributed by atoms with van der Waals surface area (Å²) in [5.74, 6) is 0.833. The molecule has 0 saturated carbocycles. The van der Waals surface area contributed by atoms with Crippen molar-refractivity contribution in [3.63, 3.8) is 0 Å². The van der Waals surface area contributed by atoms with Crippen LogP contribution in [0.15, 0.2) is 41.4 Å². The number of urea groups is 1. The van der Waals surface area contributed by atoms with Crippen molar-refractivity contribution in [2.24, 2.45) is 4.99 Å². The Morgan fingerprint density at radius 2 is 1.93 bits per heavy atom. The molecule has 2 amide bonds. The van der Waals surface area contributed by atoms with Gasteiger partial charge in [-0.25, -0.2) is 14.2 Å². The summed E-state index contributed by atoms with van der Waals surface area (Å²) < 4.78 is 19.8. The summed E-state index contributed by atoms with van der Waals surface area (Å²) in [5.41, 5.74) is 1.84. The number of ether oxygens (including phenoxy) is 1. The van der Waals surface area contributed by atoms with Gasteiger partial charge in [0.15, 0.2) is 0 Å². The number of benzene rings is 2. The summed E-state index contributed by atoms with van der Waals surface area (Å²) in [5, 5.41) is 12.9. The molecular formula is C22H24FN3O3. The van der Waals surface area contributed by atoms with Crippen molar-refractivity contribution < 1.29 is 19.0 Å². The number of carbonyl (C=O) groups is 1. The van der Waals surface area contributed by atoms with Crippen LogP contribution in [-0.2, 0) is 6.42 Å². The number of aliphatic hydroxyl groups is 1. The van der Waals surface area contributed by atoms with Gasteiger partial charge in [-0.1, -0.05) is 18.2 Å². The molecule has 0 radical (unpaired) electrons. The molecule has 2 aromatic carbocycles. The van der Waals surface area contributed by atoms with Crippen LogP contribution in [0.4, 0.5) is 14.9 Å². The highest BCUT2D eigenvalue weighted by molar-refractivity contribution is 6.04. The average Bonchev–Trinajstić information content (AvgIpc) is 3.11. The van der Waals surface area contributed by atoms with Crippen LogP contribution in [0.1, 0.15) is 25.3 Å². The normalized spacial score (nSPS) is 17.5. The number of likely N-dealkylation sites (tertiary alicyclic amines) is 1. The maximum atomic E-state index is 14.4. The van der Waals surface area contributed by atoms with E-state index in [4.69, 9.17) is 4.74 Å². The van der Waals surface area contributed by atoms with Crippen LogP contribution < -0.4 is 10.1 Å². The molecule has 0 atom stereocenters. The molecule has 2 aliphatic heterocycles. The summed E-state index contributed by atoms with van der Waals surface area (Å²) in [4.78, 5) is 18.9. The van der Waals surface area contributed by atoms with Crippen molar-refractivity contribution in [1.29, 1.82) is 0 Å². The fourth-order valence-electron chi connectivity index (χ4n) is 3.81. The first-order valence-corrected chi connectivity index (χ1v) is 9.68. The van der Waals surface area contributed by atoms with Crippen LogP contribution in [-0.4, -0.2) is 47.7 Å². The van der Waals surface area contributed by atoms with Gasteiger partial charge in [-0.3, -0.25) is 5.32 Å². The Labute approximate surface area is 169 Å². The molecule has 2 heterocycles. The minimum Gasteiger partial charge on any atom is -0.496 e. The fraction of sp³-hybridized carbons (Fsp3) is 0.364. The summed E-state index contributed by atoms with van der Waals surface area (Å²) in [6, 6.07) is 9.90. The lowest BCUT2D eigenvalue weighted by Crippen LogP contribution is -2.50. The number of nitrogens with one attached hydrogen (secondary N) is 1. The van der Waals surface area contributed by atoms with Crippen molar-refractivity contribution in [1.82, 2.24) is 10.2 Å². The number of aliphatic imine (C=N–C) groups is 1. The monoisotopic (exact) mass is 397 g/mol. The van der Waals surface area contributed by atoms with E-state index in [1.54, 1.807) is 49.3 Å². The van der Waals surface area contributed by atoms with Crippen LogP contribution in [0.5, 0.6) is 5.75 Å². The van der Waals surface area contributed by atoms with Crippen LogP contribution in [0.25, 0.3) is 11.1 Å². The number of hydrogen-bond donors (Lipinski definition) is 2. The van der Waals surface area contributed by atoms with Gasteiger partial charge in [-0.15, -0.1) is 0 Å². The molecule has 2 aromatic rings. The molecule has 0 aliphatic carbocycles. The predicted octanol–water partition coefficient (Wildman–Crippen LogP) is 3.64. The van der Waals surface area contributed by atoms with E-state index in [0.29, 0.717) is 60.8 Å². The van der Waals surface area contributed by atoms with Crippen LogP contribution in [0, 0.1) is 5.82 Å². The maximum absolute atomic E-state index is 14.4. The second kappa shape index (κ2) is 7.48. The summed E-state index contributed by atoms with van der Waals surface area (Å²) >= 11 is 0. The second-order valence-electron chi connectivity index (χ2n) is 7.77. The molecule has 7 heteroatoms. The van der Waals surface area contributed by atoms with Gasteiger partial charge in [0.1, 0.15) is 17.4 Å². The first-order chi connectivity index (χ1) is 13.9. The zero-order chi connectivity index (χ0) is 20.6. The number of nitrogens with zero attached hydrogens (tertiary/aromatic N) is 2. The standard InChI is InChI=1S/C22H24FN3O3/c1-22(28)9-11-26(12-10-22)21(27)25-19-13-16-18(29-2)8-7-15(20(16)24-19)14-5-3-4-6-17(14)23/h3-8,28H,9-13H2,1-2H3,(H,24,25,27). The molecule has 2 N–H and O–H groups in total. The molecule has 1 fully saturated rings. The number of amides is 2. The Bertz CT molecular complexity index is 977. The number of rotatable bonds is 2. The van der Waals surface area contributed by atoms with Gasteiger partial charge < -0.3 is 14.7 Å². The van der Waals surface area contributed by atoms with E-state index in [2.05, 4.69) is 10.3 Å². The number of amidine groups is 1.